The number of hydrogen-bond donors (Lipinski definition) is 0. The van der Waals surface area contributed by atoms with E-state index in [4.69, 9.17) is 25.8 Å². The van der Waals surface area contributed by atoms with Gasteiger partial charge < -0.3 is 14.2 Å². The van der Waals surface area contributed by atoms with Gasteiger partial charge in [-0.25, -0.2) is 8.78 Å². The van der Waals surface area contributed by atoms with Crippen LogP contribution in [0, 0.1) is 17.6 Å². The fraction of sp³-hybridized carbons (Fsp3) is 0.333. The van der Waals surface area contributed by atoms with Gasteiger partial charge >= 0.3 is 0 Å². The Morgan fingerprint density at radius 1 is 0.960 bits per heavy atom. The minimum absolute atomic E-state index is 0.0271. The molecule has 2 aliphatic heterocycles. The highest BCUT2D eigenvalue weighted by atomic mass is 35.5. The molecule has 0 spiro atoms. The second kappa shape index (κ2) is 7.11. The molecule has 0 amide bonds. The number of fused-ring (bicyclic) bond motifs is 1. The van der Waals surface area contributed by atoms with E-state index >= 15 is 0 Å². The first kappa shape index (κ1) is 17.1. The maximum absolute atomic E-state index is 14.6. The lowest BCUT2D eigenvalue weighted by molar-refractivity contribution is -0.0977. The minimum atomic E-state index is -0.565. The van der Waals surface area contributed by atoms with Gasteiger partial charge in [0.05, 0.1) is 31.0 Å². The van der Waals surface area contributed by atoms with Gasteiger partial charge in [-0.05, 0) is 36.4 Å². The van der Waals surface area contributed by atoms with E-state index in [1.54, 1.807) is 12.1 Å². The molecule has 0 saturated carbocycles. The van der Waals surface area contributed by atoms with Crippen LogP contribution in [0.4, 0.5) is 8.78 Å². The highest BCUT2D eigenvalue weighted by Crippen LogP contribution is 2.50. The average Bonchev–Trinajstić information content (AvgIpc) is 3.14. The van der Waals surface area contributed by atoms with Gasteiger partial charge in [0.25, 0.3) is 0 Å². The number of hydrogen-bond acceptors (Lipinski definition) is 4. The van der Waals surface area contributed by atoms with Crippen LogP contribution in [0.25, 0.3) is 0 Å². The van der Waals surface area contributed by atoms with Crippen molar-refractivity contribution in [3.63, 3.8) is 0 Å². The summed E-state index contributed by atoms with van der Waals surface area (Å²) in [6, 6.07) is 9.46. The third kappa shape index (κ3) is 3.36. The lowest BCUT2D eigenvalue weighted by Gasteiger charge is -2.35. The van der Waals surface area contributed by atoms with Crippen LogP contribution in [0.3, 0.4) is 0 Å². The Labute approximate surface area is 153 Å². The monoisotopic (exact) mass is 384 g/mol. The molecule has 132 valence electrons. The summed E-state index contributed by atoms with van der Waals surface area (Å²) in [5.41, 5.74) is 0.218. The molecular formula is C18H15ClF2O3S. The molecule has 1 saturated heterocycles. The van der Waals surface area contributed by atoms with E-state index in [2.05, 4.69) is 0 Å². The van der Waals surface area contributed by atoms with Crippen molar-refractivity contribution in [3.8, 4) is 5.75 Å². The van der Waals surface area contributed by atoms with Crippen molar-refractivity contribution in [1.29, 1.82) is 0 Å². The summed E-state index contributed by atoms with van der Waals surface area (Å²) in [4.78, 5) is 0.897. The van der Waals surface area contributed by atoms with Crippen molar-refractivity contribution in [2.24, 2.45) is 5.92 Å². The molecule has 2 aromatic rings. The molecule has 7 heteroatoms. The summed E-state index contributed by atoms with van der Waals surface area (Å²) in [5.74, 6) is -1.34. The van der Waals surface area contributed by atoms with E-state index < -0.39 is 23.2 Å². The second-order valence-corrected chi connectivity index (χ2v) is 7.50. The predicted octanol–water partition coefficient (Wildman–Crippen LogP) is 4.83. The van der Waals surface area contributed by atoms with Crippen LogP contribution >= 0.6 is 23.4 Å². The molecule has 2 aromatic carbocycles. The largest absolute Gasteiger partial charge is 0.490 e. The molecule has 2 heterocycles. The summed E-state index contributed by atoms with van der Waals surface area (Å²) in [6.07, 6.45) is -0.499. The molecule has 2 aliphatic rings. The fourth-order valence-corrected chi connectivity index (χ4v) is 4.52. The molecule has 4 rings (SSSR count). The van der Waals surface area contributed by atoms with Crippen molar-refractivity contribution in [2.45, 2.75) is 16.4 Å². The van der Waals surface area contributed by atoms with E-state index in [0.717, 1.165) is 17.0 Å². The van der Waals surface area contributed by atoms with Gasteiger partial charge in [0, 0.05) is 15.5 Å². The SMILES string of the molecule is Fc1ccc(F)c2c1OC[C@@H](C1OCCO1)[C@@H]2Sc1ccc(Cl)cc1. The first-order chi connectivity index (χ1) is 12.1. The molecule has 0 aromatic heterocycles. The average molecular weight is 385 g/mol. The number of ether oxygens (including phenoxy) is 3. The zero-order valence-corrected chi connectivity index (χ0v) is 14.7. The molecule has 0 bridgehead atoms. The van der Waals surface area contributed by atoms with Crippen molar-refractivity contribution >= 4 is 23.4 Å². The Kier molecular flexibility index (Phi) is 4.86. The van der Waals surface area contributed by atoms with Gasteiger partial charge in [-0.2, -0.15) is 0 Å². The van der Waals surface area contributed by atoms with Crippen molar-refractivity contribution in [1.82, 2.24) is 0 Å². The topological polar surface area (TPSA) is 27.7 Å². The lowest BCUT2D eigenvalue weighted by Crippen LogP contribution is -2.35. The van der Waals surface area contributed by atoms with Crippen molar-refractivity contribution in [3.05, 3.63) is 58.6 Å². The summed E-state index contributed by atoms with van der Waals surface area (Å²) >= 11 is 7.36. The molecule has 0 radical (unpaired) electrons. The molecule has 1 fully saturated rings. The van der Waals surface area contributed by atoms with Crippen LogP contribution < -0.4 is 4.74 Å². The number of halogens is 3. The third-order valence-electron chi connectivity index (χ3n) is 4.26. The zero-order valence-electron chi connectivity index (χ0n) is 13.1. The van der Waals surface area contributed by atoms with Crippen LogP contribution in [-0.4, -0.2) is 26.1 Å². The molecule has 25 heavy (non-hydrogen) atoms. The lowest BCUT2D eigenvalue weighted by atomic mass is 9.94. The van der Waals surface area contributed by atoms with Gasteiger partial charge in [0.15, 0.2) is 17.9 Å². The first-order valence-corrected chi connectivity index (χ1v) is 9.15. The molecule has 0 aliphatic carbocycles. The molecular weight excluding hydrogens is 370 g/mol. The Balaban J connectivity index is 1.74. The summed E-state index contributed by atoms with van der Waals surface area (Å²) in [5, 5.41) is 0.219. The van der Waals surface area contributed by atoms with Gasteiger partial charge in [0.2, 0.25) is 0 Å². The van der Waals surface area contributed by atoms with Crippen molar-refractivity contribution < 1.29 is 23.0 Å². The Morgan fingerprint density at radius 2 is 1.64 bits per heavy atom. The summed E-state index contributed by atoms with van der Waals surface area (Å²) in [6.45, 7) is 1.17. The first-order valence-electron chi connectivity index (χ1n) is 7.89. The van der Waals surface area contributed by atoms with E-state index in [1.807, 2.05) is 12.1 Å². The van der Waals surface area contributed by atoms with E-state index in [0.29, 0.717) is 18.2 Å². The van der Waals surface area contributed by atoms with E-state index in [1.165, 1.54) is 11.8 Å². The number of rotatable bonds is 3. The maximum Gasteiger partial charge on any atom is 0.165 e. The quantitative estimate of drug-likeness (QED) is 0.757. The Hall–Kier alpha value is -1.34. The van der Waals surface area contributed by atoms with Crippen LogP contribution in [-0.2, 0) is 9.47 Å². The summed E-state index contributed by atoms with van der Waals surface area (Å²) < 4.78 is 45.5. The van der Waals surface area contributed by atoms with Crippen LogP contribution in [0.2, 0.25) is 5.02 Å². The highest BCUT2D eigenvalue weighted by molar-refractivity contribution is 7.99. The van der Waals surface area contributed by atoms with Crippen molar-refractivity contribution in [2.75, 3.05) is 19.8 Å². The third-order valence-corrected chi connectivity index (χ3v) is 5.90. The Morgan fingerprint density at radius 3 is 2.36 bits per heavy atom. The molecule has 0 unspecified atom stereocenters. The van der Waals surface area contributed by atoms with Crippen LogP contribution in [0.1, 0.15) is 10.8 Å². The van der Waals surface area contributed by atoms with Crippen LogP contribution in [0.5, 0.6) is 5.75 Å². The normalized spacial score (nSPS) is 23.3. The maximum atomic E-state index is 14.6. The number of benzene rings is 2. The van der Waals surface area contributed by atoms with Gasteiger partial charge in [-0.3, -0.25) is 0 Å². The molecule has 3 nitrogen and oxygen atoms in total. The molecule has 2 atom stereocenters. The van der Waals surface area contributed by atoms with Crippen LogP contribution in [0.15, 0.2) is 41.3 Å². The fourth-order valence-electron chi connectivity index (χ4n) is 3.09. The highest BCUT2D eigenvalue weighted by Gasteiger charge is 2.42. The second-order valence-electron chi connectivity index (χ2n) is 5.85. The smallest absolute Gasteiger partial charge is 0.165 e. The molecule has 0 N–H and O–H groups in total. The van der Waals surface area contributed by atoms with Gasteiger partial charge in [-0.1, -0.05) is 11.6 Å². The minimum Gasteiger partial charge on any atom is -0.490 e. The predicted molar refractivity (Wildman–Crippen MR) is 91.1 cm³/mol. The standard InChI is InChI=1S/C18H15ClF2O3S/c19-10-1-3-11(4-2-10)25-17-12(18-22-7-8-23-18)9-24-16-14(21)6-5-13(20)15(16)17/h1-6,12,17-18H,7-9H2/t12-,17+/m1/s1. The summed E-state index contributed by atoms with van der Waals surface area (Å²) in [7, 11) is 0. The van der Waals surface area contributed by atoms with E-state index in [-0.39, 0.29) is 23.8 Å². The Bertz CT molecular complexity index is 766. The number of thioether (sulfide) groups is 1. The van der Waals surface area contributed by atoms with Gasteiger partial charge in [-0.15, -0.1) is 11.8 Å². The van der Waals surface area contributed by atoms with E-state index in [9.17, 15) is 8.78 Å². The van der Waals surface area contributed by atoms with Gasteiger partial charge in [0.1, 0.15) is 5.82 Å². The zero-order chi connectivity index (χ0) is 17.4.